The summed E-state index contributed by atoms with van der Waals surface area (Å²) < 4.78 is 11.6. The molecule has 0 aromatic rings. The molecule has 4 aliphatic rings. The second-order valence-electron chi connectivity index (χ2n) is 12.9. The number of ketones is 1. The third-order valence-corrected chi connectivity index (χ3v) is 10.6. The average molecular weight is 499 g/mol. The van der Waals surface area contributed by atoms with Crippen LogP contribution in [-0.4, -0.2) is 29.9 Å². The van der Waals surface area contributed by atoms with E-state index in [0.717, 1.165) is 19.3 Å². The standard InChI is InChI=1S/C31H46O5/c1-18(2)28(34)13-8-19(3)25-11-12-26-24-10-9-22-16-23(35-20(4)32)17-29(36-21(5)33)31(22,7)27(24)14-15-30(25,26)6/h8-9,13,18-19,23-27,29H,10-12,14-17H2,1-7H3/b13-8+/t19-,23-,24+,25-,26+,27+,29+,30-,31+/m1/s1. The van der Waals surface area contributed by atoms with Gasteiger partial charge in [0.15, 0.2) is 5.78 Å². The fourth-order valence-corrected chi connectivity index (χ4v) is 8.83. The molecule has 0 saturated heterocycles. The summed E-state index contributed by atoms with van der Waals surface area (Å²) in [4.78, 5) is 36.1. The van der Waals surface area contributed by atoms with Crippen LogP contribution in [0.5, 0.6) is 0 Å². The highest BCUT2D eigenvalue weighted by molar-refractivity contribution is 5.91. The van der Waals surface area contributed by atoms with Crippen molar-refractivity contribution in [1.82, 2.24) is 0 Å². The van der Waals surface area contributed by atoms with Crippen LogP contribution >= 0.6 is 0 Å². The lowest BCUT2D eigenvalue weighted by molar-refractivity contribution is -0.172. The monoisotopic (exact) mass is 498 g/mol. The molecule has 0 aromatic heterocycles. The topological polar surface area (TPSA) is 69.7 Å². The second-order valence-corrected chi connectivity index (χ2v) is 12.9. The third-order valence-electron chi connectivity index (χ3n) is 10.6. The number of carbonyl (C=O) groups excluding carboxylic acids is 3. The Bertz CT molecular complexity index is 947. The van der Waals surface area contributed by atoms with Gasteiger partial charge in [0.2, 0.25) is 0 Å². The number of carbonyl (C=O) groups is 3. The van der Waals surface area contributed by atoms with Gasteiger partial charge in [-0.1, -0.05) is 52.3 Å². The number of fused-ring (bicyclic) bond motifs is 5. The van der Waals surface area contributed by atoms with Gasteiger partial charge in [-0.05, 0) is 73.2 Å². The van der Waals surface area contributed by atoms with Crippen molar-refractivity contribution in [2.24, 2.45) is 46.3 Å². The third kappa shape index (κ3) is 4.72. The first-order valence-electron chi connectivity index (χ1n) is 14.1. The Labute approximate surface area is 217 Å². The molecule has 9 atom stereocenters. The molecule has 200 valence electrons. The second kappa shape index (κ2) is 10.1. The molecular formula is C31H46O5. The van der Waals surface area contributed by atoms with E-state index < -0.39 is 0 Å². The first kappa shape index (κ1) is 27.1. The molecular weight excluding hydrogens is 452 g/mol. The zero-order valence-corrected chi connectivity index (χ0v) is 23.3. The summed E-state index contributed by atoms with van der Waals surface area (Å²) in [5.74, 6) is 2.36. The molecule has 0 aliphatic heterocycles. The van der Waals surface area contributed by atoms with Gasteiger partial charge in [-0.2, -0.15) is 0 Å². The van der Waals surface area contributed by atoms with Crippen LogP contribution in [0.2, 0.25) is 0 Å². The SMILES string of the molecule is CC(=O)O[C@@H]1CC2=CC[C@H]3[C@@H]4CC[C@H]([C@H](C)/C=C/C(=O)C(C)C)[C@@]4(C)CC[C@@H]3[C@@]2(C)[C@@H](OC(C)=O)C1. The summed E-state index contributed by atoms with van der Waals surface area (Å²) in [6.07, 6.45) is 13.0. The van der Waals surface area contributed by atoms with Crippen molar-refractivity contribution in [1.29, 1.82) is 0 Å². The summed E-state index contributed by atoms with van der Waals surface area (Å²) >= 11 is 0. The Balaban J connectivity index is 1.59. The van der Waals surface area contributed by atoms with E-state index in [2.05, 4.69) is 32.9 Å². The molecule has 0 amide bonds. The smallest absolute Gasteiger partial charge is 0.302 e. The Hall–Kier alpha value is -1.91. The number of rotatable bonds is 6. The molecule has 0 bridgehead atoms. The predicted octanol–water partition coefficient (Wildman–Crippen LogP) is 6.46. The lowest BCUT2D eigenvalue weighted by Crippen LogP contribution is -2.56. The Kier molecular flexibility index (Phi) is 7.61. The predicted molar refractivity (Wildman–Crippen MR) is 140 cm³/mol. The van der Waals surface area contributed by atoms with Crippen LogP contribution in [0.4, 0.5) is 0 Å². The summed E-state index contributed by atoms with van der Waals surface area (Å²) in [5, 5.41) is 0. The van der Waals surface area contributed by atoms with Gasteiger partial charge in [0, 0.05) is 38.0 Å². The van der Waals surface area contributed by atoms with Gasteiger partial charge in [0.1, 0.15) is 12.2 Å². The molecule has 5 nitrogen and oxygen atoms in total. The summed E-state index contributed by atoms with van der Waals surface area (Å²) in [6, 6.07) is 0. The number of allylic oxidation sites excluding steroid dienone is 3. The highest BCUT2D eigenvalue weighted by Crippen LogP contribution is 2.67. The molecule has 3 saturated carbocycles. The van der Waals surface area contributed by atoms with Crippen molar-refractivity contribution in [3.63, 3.8) is 0 Å². The van der Waals surface area contributed by atoms with Crippen molar-refractivity contribution in [3.05, 3.63) is 23.8 Å². The molecule has 4 rings (SSSR count). The molecule has 0 radical (unpaired) electrons. The Morgan fingerprint density at radius 3 is 2.33 bits per heavy atom. The van der Waals surface area contributed by atoms with E-state index in [0.29, 0.717) is 36.0 Å². The minimum Gasteiger partial charge on any atom is -0.462 e. The minimum absolute atomic E-state index is 0.0425. The van der Waals surface area contributed by atoms with Crippen molar-refractivity contribution in [2.75, 3.05) is 0 Å². The highest BCUT2D eigenvalue weighted by atomic mass is 16.6. The van der Waals surface area contributed by atoms with E-state index >= 15 is 0 Å². The molecule has 5 heteroatoms. The van der Waals surface area contributed by atoms with Crippen LogP contribution in [0.15, 0.2) is 23.8 Å². The first-order valence-corrected chi connectivity index (χ1v) is 14.1. The zero-order valence-electron chi connectivity index (χ0n) is 23.3. The maximum atomic E-state index is 12.2. The minimum atomic E-state index is -0.275. The van der Waals surface area contributed by atoms with Crippen molar-refractivity contribution in [2.45, 2.75) is 106 Å². The van der Waals surface area contributed by atoms with Gasteiger partial charge in [0.05, 0.1) is 0 Å². The molecule has 0 N–H and O–H groups in total. The number of esters is 2. The maximum Gasteiger partial charge on any atom is 0.302 e. The van der Waals surface area contributed by atoms with Crippen LogP contribution in [-0.2, 0) is 23.9 Å². The van der Waals surface area contributed by atoms with Crippen molar-refractivity contribution < 1.29 is 23.9 Å². The normalized spacial score (nSPS) is 40.6. The van der Waals surface area contributed by atoms with Crippen LogP contribution in [0.1, 0.15) is 93.4 Å². The van der Waals surface area contributed by atoms with Gasteiger partial charge in [-0.25, -0.2) is 0 Å². The maximum absolute atomic E-state index is 12.2. The van der Waals surface area contributed by atoms with E-state index in [1.807, 2.05) is 19.9 Å². The van der Waals surface area contributed by atoms with Crippen LogP contribution in [0.3, 0.4) is 0 Å². The molecule has 4 aliphatic carbocycles. The van der Waals surface area contributed by atoms with Gasteiger partial charge in [-0.15, -0.1) is 0 Å². The average Bonchev–Trinajstić information content (AvgIpc) is 3.14. The molecule has 3 fully saturated rings. The zero-order chi connectivity index (χ0) is 26.4. The van der Waals surface area contributed by atoms with Crippen LogP contribution in [0, 0.1) is 46.3 Å². The van der Waals surface area contributed by atoms with Crippen molar-refractivity contribution >= 4 is 17.7 Å². The Morgan fingerprint density at radius 1 is 1.00 bits per heavy atom. The first-order chi connectivity index (χ1) is 16.9. The van der Waals surface area contributed by atoms with Gasteiger partial charge >= 0.3 is 11.9 Å². The van der Waals surface area contributed by atoms with E-state index in [4.69, 9.17) is 9.47 Å². The molecule has 0 aromatic carbocycles. The van der Waals surface area contributed by atoms with Crippen LogP contribution < -0.4 is 0 Å². The number of ether oxygens (including phenoxy) is 2. The number of hydrogen-bond acceptors (Lipinski definition) is 5. The Morgan fingerprint density at radius 2 is 1.69 bits per heavy atom. The van der Waals surface area contributed by atoms with Crippen molar-refractivity contribution in [3.8, 4) is 0 Å². The van der Waals surface area contributed by atoms with E-state index in [1.165, 1.54) is 38.7 Å². The van der Waals surface area contributed by atoms with E-state index in [9.17, 15) is 14.4 Å². The molecule has 36 heavy (non-hydrogen) atoms. The summed E-state index contributed by atoms with van der Waals surface area (Å²) in [5.41, 5.74) is 1.37. The molecule has 0 unspecified atom stereocenters. The lowest BCUT2D eigenvalue weighted by Gasteiger charge is -2.60. The van der Waals surface area contributed by atoms with E-state index in [-0.39, 0.29) is 46.7 Å². The van der Waals surface area contributed by atoms with E-state index in [1.54, 1.807) is 0 Å². The highest BCUT2D eigenvalue weighted by Gasteiger charge is 2.62. The van der Waals surface area contributed by atoms with Gasteiger partial charge in [-0.3, -0.25) is 14.4 Å². The van der Waals surface area contributed by atoms with Gasteiger partial charge in [0.25, 0.3) is 0 Å². The molecule has 0 spiro atoms. The quantitative estimate of drug-likeness (QED) is 0.239. The summed E-state index contributed by atoms with van der Waals surface area (Å²) in [7, 11) is 0. The van der Waals surface area contributed by atoms with Gasteiger partial charge < -0.3 is 9.47 Å². The van der Waals surface area contributed by atoms with Crippen LogP contribution in [0.25, 0.3) is 0 Å². The fourth-order valence-electron chi connectivity index (χ4n) is 8.83. The molecule has 0 heterocycles. The summed E-state index contributed by atoms with van der Waals surface area (Å²) in [6.45, 7) is 14.0. The number of hydrogen-bond donors (Lipinski definition) is 0. The largest absolute Gasteiger partial charge is 0.462 e. The lowest BCUT2D eigenvalue weighted by atomic mass is 9.46. The fraction of sp³-hybridized carbons (Fsp3) is 0.774.